The Hall–Kier alpha value is -2.62. The summed E-state index contributed by atoms with van der Waals surface area (Å²) in [5, 5.41) is 2.77. The molecule has 2 aliphatic rings. The first-order valence-corrected chi connectivity index (χ1v) is 10.1. The Balaban J connectivity index is 1.69. The highest BCUT2D eigenvalue weighted by atomic mass is 32.2. The van der Waals surface area contributed by atoms with Crippen molar-refractivity contribution in [2.75, 3.05) is 11.1 Å². The highest BCUT2D eigenvalue weighted by Crippen LogP contribution is 2.65. The first-order chi connectivity index (χ1) is 14.0. The van der Waals surface area contributed by atoms with Crippen LogP contribution in [0.3, 0.4) is 0 Å². The molecular weight excluding hydrogens is 420 g/mol. The number of halogens is 4. The summed E-state index contributed by atoms with van der Waals surface area (Å²) >= 11 is 1.18. The first-order valence-electron chi connectivity index (χ1n) is 9.13. The van der Waals surface area contributed by atoms with Crippen molar-refractivity contribution in [2.45, 2.75) is 31.2 Å². The molecule has 1 fully saturated rings. The van der Waals surface area contributed by atoms with E-state index in [0.717, 1.165) is 18.3 Å². The first kappa shape index (κ1) is 20.6. The Labute approximate surface area is 174 Å². The zero-order valence-electron chi connectivity index (χ0n) is 15.9. The molecule has 158 valence electrons. The zero-order chi connectivity index (χ0) is 21.7. The molecule has 2 aromatic rings. The van der Waals surface area contributed by atoms with Gasteiger partial charge < -0.3 is 11.1 Å². The number of rotatable bonds is 3. The Bertz CT molecular complexity index is 1040. The Kier molecular flexibility index (Phi) is 4.80. The quantitative estimate of drug-likeness (QED) is 0.700. The lowest BCUT2D eigenvalue weighted by Gasteiger charge is -2.57. The topological polar surface area (TPSA) is 80.4 Å². The predicted octanol–water partition coefficient (Wildman–Crippen LogP) is 4.30. The molecule has 4 rings (SSSR count). The molecule has 0 radical (unpaired) electrons. The molecular formula is C20H18F4N4OS. The smallest absolute Gasteiger partial charge is 0.274 e. The molecule has 1 saturated carbocycles. The fraction of sp³-hybridized carbons (Fsp3) is 0.350. The van der Waals surface area contributed by atoms with Gasteiger partial charge in [-0.3, -0.25) is 9.79 Å². The maximum Gasteiger partial charge on any atom is 0.274 e. The minimum Gasteiger partial charge on any atom is -0.379 e. The zero-order valence-corrected chi connectivity index (χ0v) is 16.7. The molecule has 1 amide bonds. The number of nitrogens with zero attached hydrogens (tertiary/aromatic N) is 2. The van der Waals surface area contributed by atoms with Gasteiger partial charge in [0.25, 0.3) is 5.91 Å². The van der Waals surface area contributed by atoms with Crippen molar-refractivity contribution in [3.63, 3.8) is 0 Å². The third-order valence-corrected chi connectivity index (χ3v) is 6.85. The second kappa shape index (κ2) is 6.97. The largest absolute Gasteiger partial charge is 0.379 e. The highest BCUT2D eigenvalue weighted by molar-refractivity contribution is 8.13. The average molecular weight is 438 g/mol. The lowest BCUT2D eigenvalue weighted by Crippen LogP contribution is -2.60. The number of aliphatic imine (C=N–C) groups is 1. The minimum absolute atomic E-state index is 0.0278. The maximum absolute atomic E-state index is 14.9. The molecule has 5 nitrogen and oxygen atoms in total. The number of benzene rings is 1. The van der Waals surface area contributed by atoms with Gasteiger partial charge in [0, 0.05) is 35.3 Å². The van der Waals surface area contributed by atoms with Crippen LogP contribution >= 0.6 is 11.8 Å². The van der Waals surface area contributed by atoms with Crippen LogP contribution in [0, 0.1) is 17.0 Å². The van der Waals surface area contributed by atoms with Crippen LogP contribution in [0.15, 0.2) is 41.5 Å². The van der Waals surface area contributed by atoms with E-state index in [0.29, 0.717) is 5.75 Å². The van der Waals surface area contributed by atoms with Crippen LogP contribution in [0.2, 0.25) is 0 Å². The number of carbonyl (C=O) groups is 1. The molecule has 1 aliphatic carbocycles. The van der Waals surface area contributed by atoms with Gasteiger partial charge in [0.1, 0.15) is 17.3 Å². The molecule has 0 bridgehead atoms. The Morgan fingerprint density at radius 1 is 1.20 bits per heavy atom. The van der Waals surface area contributed by atoms with Crippen molar-refractivity contribution < 1.29 is 22.4 Å². The third kappa shape index (κ3) is 3.42. The van der Waals surface area contributed by atoms with Crippen molar-refractivity contribution in [1.82, 2.24) is 4.98 Å². The average Bonchev–Trinajstić information content (AvgIpc) is 2.65. The Morgan fingerprint density at radius 2 is 1.93 bits per heavy atom. The minimum atomic E-state index is -2.83. The molecule has 0 saturated heterocycles. The monoisotopic (exact) mass is 438 g/mol. The second-order valence-electron chi connectivity index (χ2n) is 7.81. The van der Waals surface area contributed by atoms with E-state index >= 15 is 0 Å². The molecule has 0 unspecified atom stereocenters. The fourth-order valence-corrected chi connectivity index (χ4v) is 5.29. The van der Waals surface area contributed by atoms with Crippen molar-refractivity contribution in [1.29, 1.82) is 0 Å². The van der Waals surface area contributed by atoms with Crippen molar-refractivity contribution in [2.24, 2.45) is 16.1 Å². The number of amides is 1. The molecule has 1 aromatic carbocycles. The van der Waals surface area contributed by atoms with Gasteiger partial charge in [-0.25, -0.2) is 22.5 Å². The standard InChI is InChI=1S/C20H18F4N4OS/c1-18(19(8-20(23,24)9-19)10-30-17(25)28-18)13-6-12(3-4-14(13)22)27-16(29)15-5-2-11(21)7-26-15/h2-7H,8-10H2,1H3,(H2,25,28)(H,27,29)/t18-/m1/s1. The number of hydrogen-bond donors (Lipinski definition) is 2. The van der Waals surface area contributed by atoms with Gasteiger partial charge in [-0.2, -0.15) is 0 Å². The van der Waals surface area contributed by atoms with Gasteiger partial charge in [-0.15, -0.1) is 0 Å². The second-order valence-corrected chi connectivity index (χ2v) is 8.81. The number of thioether (sulfide) groups is 1. The summed E-state index contributed by atoms with van der Waals surface area (Å²) in [5.74, 6) is -4.38. The summed E-state index contributed by atoms with van der Waals surface area (Å²) in [5.41, 5.74) is 3.88. The summed E-state index contributed by atoms with van der Waals surface area (Å²) in [6, 6.07) is 6.17. The van der Waals surface area contributed by atoms with E-state index in [2.05, 4.69) is 15.3 Å². The molecule has 1 aromatic heterocycles. The van der Waals surface area contributed by atoms with Crippen molar-refractivity contribution in [3.8, 4) is 0 Å². The number of aromatic nitrogens is 1. The molecule has 10 heteroatoms. The van der Waals surface area contributed by atoms with E-state index in [-0.39, 0.29) is 22.1 Å². The highest BCUT2D eigenvalue weighted by Gasteiger charge is 2.66. The summed E-state index contributed by atoms with van der Waals surface area (Å²) < 4.78 is 55.5. The van der Waals surface area contributed by atoms with E-state index in [1.54, 1.807) is 6.92 Å². The van der Waals surface area contributed by atoms with Gasteiger partial charge in [0.2, 0.25) is 5.92 Å². The van der Waals surface area contributed by atoms with Crippen LogP contribution in [0.5, 0.6) is 0 Å². The number of nitrogens with one attached hydrogen (secondary N) is 1. The van der Waals surface area contributed by atoms with Gasteiger partial charge in [0.05, 0.1) is 11.7 Å². The predicted molar refractivity (Wildman–Crippen MR) is 107 cm³/mol. The molecule has 1 spiro atoms. The van der Waals surface area contributed by atoms with Gasteiger partial charge in [0.15, 0.2) is 5.17 Å². The lowest BCUT2D eigenvalue weighted by atomic mass is 9.55. The number of amidine groups is 1. The SMILES string of the molecule is C[C@]1(c2cc(NC(=O)c3ccc(F)cn3)ccc2F)N=C(N)SCC12CC(F)(F)C2. The number of nitrogens with two attached hydrogens (primary N) is 1. The normalized spacial score (nSPS) is 24.1. The summed E-state index contributed by atoms with van der Waals surface area (Å²) in [6.07, 6.45) is 0.0648. The van der Waals surface area contributed by atoms with Crippen molar-refractivity contribution >= 4 is 28.5 Å². The van der Waals surface area contributed by atoms with E-state index in [1.807, 2.05) is 0 Å². The van der Waals surface area contributed by atoms with Crippen LogP contribution < -0.4 is 11.1 Å². The molecule has 3 N–H and O–H groups in total. The van der Waals surface area contributed by atoms with Crippen LogP contribution in [-0.2, 0) is 5.54 Å². The van der Waals surface area contributed by atoms with E-state index in [4.69, 9.17) is 5.73 Å². The fourth-order valence-electron chi connectivity index (χ4n) is 4.14. The molecule has 30 heavy (non-hydrogen) atoms. The molecule has 2 heterocycles. The van der Waals surface area contributed by atoms with E-state index in [1.165, 1.54) is 30.0 Å². The van der Waals surface area contributed by atoms with Crippen LogP contribution in [0.25, 0.3) is 0 Å². The summed E-state index contributed by atoms with van der Waals surface area (Å²) in [6.45, 7) is 1.60. The molecule has 1 atom stereocenters. The lowest BCUT2D eigenvalue weighted by molar-refractivity contribution is -0.178. The number of hydrogen-bond acceptors (Lipinski definition) is 5. The number of anilines is 1. The van der Waals surface area contributed by atoms with Gasteiger partial charge in [-0.05, 0) is 37.3 Å². The Morgan fingerprint density at radius 3 is 2.57 bits per heavy atom. The third-order valence-electron chi connectivity index (χ3n) is 5.77. The summed E-state index contributed by atoms with van der Waals surface area (Å²) in [4.78, 5) is 20.5. The summed E-state index contributed by atoms with van der Waals surface area (Å²) in [7, 11) is 0. The molecule has 1 aliphatic heterocycles. The van der Waals surface area contributed by atoms with Crippen molar-refractivity contribution in [3.05, 3.63) is 59.4 Å². The maximum atomic E-state index is 14.9. The van der Waals surface area contributed by atoms with Crippen LogP contribution in [0.4, 0.5) is 23.2 Å². The van der Waals surface area contributed by atoms with Crippen LogP contribution in [-0.4, -0.2) is 27.7 Å². The van der Waals surface area contributed by atoms with Gasteiger partial charge in [-0.1, -0.05) is 11.8 Å². The number of pyridine rings is 1. The number of alkyl halides is 2. The van der Waals surface area contributed by atoms with E-state index in [9.17, 15) is 22.4 Å². The van der Waals surface area contributed by atoms with E-state index < -0.39 is 47.3 Å². The van der Waals surface area contributed by atoms with Crippen LogP contribution in [0.1, 0.15) is 35.8 Å². The van der Waals surface area contributed by atoms with Gasteiger partial charge >= 0.3 is 0 Å². The number of carbonyl (C=O) groups excluding carboxylic acids is 1.